The minimum absolute atomic E-state index is 0.298. The molecular weight excluding hydrogens is 437 g/mol. The molecule has 0 atom stereocenters. The third-order valence-electron chi connectivity index (χ3n) is 5.63. The predicted molar refractivity (Wildman–Crippen MR) is 122 cm³/mol. The fourth-order valence-electron chi connectivity index (χ4n) is 4.05. The second-order valence-electron chi connectivity index (χ2n) is 7.86. The Kier molecular flexibility index (Phi) is 7.07. The summed E-state index contributed by atoms with van der Waals surface area (Å²) in [4.78, 5) is 15.1. The van der Waals surface area contributed by atoms with Gasteiger partial charge < -0.3 is 19.1 Å². The molecule has 2 aliphatic rings. The van der Waals surface area contributed by atoms with E-state index in [1.807, 2.05) is 24.3 Å². The standard InChI is InChI=1S/C24H27Cl2NO4/c1-2-3-4-5-13-29-18-9-7-17(8-10-18)16-27-22-20(26)12-11-19(25)21(22)24(23(27)28)30-14-6-15-31-24/h7-12H,2-6,13-16H2,1H3. The van der Waals surface area contributed by atoms with Gasteiger partial charge in [0.25, 0.3) is 11.7 Å². The smallest absolute Gasteiger partial charge is 0.292 e. The number of halogens is 2. The summed E-state index contributed by atoms with van der Waals surface area (Å²) in [5.74, 6) is -0.991. The Morgan fingerprint density at radius 1 is 1.00 bits per heavy atom. The summed E-state index contributed by atoms with van der Waals surface area (Å²) in [5.41, 5.74) is 2.00. The number of unbranched alkanes of at least 4 members (excludes halogenated alkanes) is 3. The first-order chi connectivity index (χ1) is 15.1. The van der Waals surface area contributed by atoms with Gasteiger partial charge in [-0.15, -0.1) is 0 Å². The molecule has 2 heterocycles. The molecule has 1 saturated heterocycles. The topological polar surface area (TPSA) is 48.0 Å². The summed E-state index contributed by atoms with van der Waals surface area (Å²) in [5, 5.41) is 0.846. The number of hydrogen-bond donors (Lipinski definition) is 0. The summed E-state index contributed by atoms with van der Waals surface area (Å²) in [6, 6.07) is 11.1. The molecule has 0 saturated carbocycles. The third kappa shape index (κ3) is 4.42. The van der Waals surface area contributed by atoms with Crippen LogP contribution in [0.5, 0.6) is 5.75 Å². The van der Waals surface area contributed by atoms with Gasteiger partial charge in [0.1, 0.15) is 5.75 Å². The Hall–Kier alpha value is -1.79. The molecule has 0 N–H and O–H groups in total. The average Bonchev–Trinajstić information content (AvgIpc) is 3.01. The van der Waals surface area contributed by atoms with E-state index in [1.54, 1.807) is 17.0 Å². The lowest BCUT2D eigenvalue weighted by Gasteiger charge is -2.32. The third-order valence-corrected chi connectivity index (χ3v) is 6.25. The fourth-order valence-corrected chi connectivity index (χ4v) is 4.58. The first-order valence-electron chi connectivity index (χ1n) is 10.9. The van der Waals surface area contributed by atoms with Crippen LogP contribution in [0, 0.1) is 0 Å². The van der Waals surface area contributed by atoms with Crippen molar-refractivity contribution in [2.75, 3.05) is 24.7 Å². The zero-order chi connectivity index (χ0) is 21.8. The quantitative estimate of drug-likeness (QED) is 0.444. The molecule has 31 heavy (non-hydrogen) atoms. The number of ether oxygens (including phenoxy) is 3. The Balaban J connectivity index is 1.53. The van der Waals surface area contributed by atoms with Crippen molar-refractivity contribution in [3.8, 4) is 5.75 Å². The molecule has 5 nitrogen and oxygen atoms in total. The van der Waals surface area contributed by atoms with Gasteiger partial charge in [-0.3, -0.25) is 4.79 Å². The number of fused-ring (bicyclic) bond motifs is 2. The maximum absolute atomic E-state index is 13.5. The van der Waals surface area contributed by atoms with Crippen molar-refractivity contribution in [3.63, 3.8) is 0 Å². The van der Waals surface area contributed by atoms with Crippen LogP contribution < -0.4 is 9.64 Å². The van der Waals surface area contributed by atoms with Gasteiger partial charge in [0, 0.05) is 0 Å². The van der Waals surface area contributed by atoms with Crippen LogP contribution >= 0.6 is 23.2 Å². The molecule has 0 radical (unpaired) electrons. The second kappa shape index (κ2) is 9.78. The molecule has 0 aliphatic carbocycles. The summed E-state index contributed by atoms with van der Waals surface area (Å²) in [6.07, 6.45) is 5.40. The van der Waals surface area contributed by atoms with Gasteiger partial charge in [0.15, 0.2) is 0 Å². The highest BCUT2D eigenvalue weighted by molar-refractivity contribution is 6.38. The zero-order valence-electron chi connectivity index (χ0n) is 17.7. The van der Waals surface area contributed by atoms with Crippen LogP contribution in [-0.2, 0) is 26.6 Å². The monoisotopic (exact) mass is 463 g/mol. The Morgan fingerprint density at radius 3 is 2.42 bits per heavy atom. The Morgan fingerprint density at radius 2 is 1.71 bits per heavy atom. The lowest BCUT2D eigenvalue weighted by Crippen LogP contribution is -2.47. The molecule has 2 aliphatic heterocycles. The van der Waals surface area contributed by atoms with Crippen LogP contribution in [0.15, 0.2) is 36.4 Å². The van der Waals surface area contributed by atoms with Gasteiger partial charge in [0.2, 0.25) is 0 Å². The molecule has 7 heteroatoms. The van der Waals surface area contributed by atoms with Crippen molar-refractivity contribution in [2.24, 2.45) is 0 Å². The lowest BCUT2D eigenvalue weighted by atomic mass is 10.1. The van der Waals surface area contributed by atoms with Crippen molar-refractivity contribution in [1.82, 2.24) is 0 Å². The Bertz CT molecular complexity index is 926. The van der Waals surface area contributed by atoms with E-state index in [0.717, 1.165) is 24.2 Å². The van der Waals surface area contributed by atoms with Gasteiger partial charge in [-0.05, 0) is 42.7 Å². The minimum Gasteiger partial charge on any atom is -0.494 e. The molecule has 0 aromatic heterocycles. The van der Waals surface area contributed by atoms with E-state index in [1.165, 1.54) is 19.3 Å². The summed E-state index contributed by atoms with van der Waals surface area (Å²) < 4.78 is 17.6. The SMILES string of the molecule is CCCCCCOc1ccc(CN2C(=O)C3(OCCCO3)c3c(Cl)ccc(Cl)c32)cc1. The van der Waals surface area contributed by atoms with Gasteiger partial charge in [0.05, 0.1) is 47.7 Å². The number of carbonyl (C=O) groups excluding carboxylic acids is 1. The number of anilines is 1. The molecular formula is C24H27Cl2NO4. The highest BCUT2D eigenvalue weighted by Crippen LogP contribution is 2.51. The van der Waals surface area contributed by atoms with E-state index >= 15 is 0 Å². The minimum atomic E-state index is -1.52. The molecule has 0 bridgehead atoms. The van der Waals surface area contributed by atoms with Crippen molar-refractivity contribution < 1.29 is 19.0 Å². The molecule has 0 unspecified atom stereocenters. The van der Waals surface area contributed by atoms with Gasteiger partial charge in [-0.2, -0.15) is 0 Å². The molecule has 1 fully saturated rings. The van der Waals surface area contributed by atoms with Gasteiger partial charge in [-0.25, -0.2) is 0 Å². The maximum Gasteiger partial charge on any atom is 0.292 e. The average molecular weight is 464 g/mol. The van der Waals surface area contributed by atoms with E-state index in [2.05, 4.69) is 6.92 Å². The molecule has 2 aromatic rings. The number of amides is 1. The van der Waals surface area contributed by atoms with Crippen molar-refractivity contribution in [1.29, 1.82) is 0 Å². The number of hydrogen-bond acceptors (Lipinski definition) is 4. The lowest BCUT2D eigenvalue weighted by molar-refractivity contribution is -0.256. The first kappa shape index (κ1) is 22.4. The number of carbonyl (C=O) groups is 1. The number of rotatable bonds is 8. The normalized spacial score (nSPS) is 17.3. The largest absolute Gasteiger partial charge is 0.494 e. The first-order valence-corrected chi connectivity index (χ1v) is 11.6. The van der Waals surface area contributed by atoms with E-state index in [0.29, 0.717) is 47.7 Å². The molecule has 4 rings (SSSR count). The number of benzene rings is 2. The van der Waals surface area contributed by atoms with E-state index in [-0.39, 0.29) is 5.91 Å². The van der Waals surface area contributed by atoms with Gasteiger partial charge in [-0.1, -0.05) is 61.5 Å². The summed E-state index contributed by atoms with van der Waals surface area (Å²) in [6.45, 7) is 4.08. The van der Waals surface area contributed by atoms with Crippen molar-refractivity contribution >= 4 is 34.8 Å². The van der Waals surface area contributed by atoms with Crippen LogP contribution in [0.2, 0.25) is 10.0 Å². The molecule has 1 spiro atoms. The zero-order valence-corrected chi connectivity index (χ0v) is 19.2. The highest BCUT2D eigenvalue weighted by atomic mass is 35.5. The van der Waals surface area contributed by atoms with E-state index in [4.69, 9.17) is 37.4 Å². The van der Waals surface area contributed by atoms with Crippen molar-refractivity contribution in [2.45, 2.75) is 51.4 Å². The van der Waals surface area contributed by atoms with Crippen LogP contribution in [0.1, 0.15) is 50.2 Å². The summed E-state index contributed by atoms with van der Waals surface area (Å²) >= 11 is 13.0. The van der Waals surface area contributed by atoms with Crippen LogP contribution in [0.4, 0.5) is 5.69 Å². The van der Waals surface area contributed by atoms with Crippen LogP contribution in [0.3, 0.4) is 0 Å². The van der Waals surface area contributed by atoms with Gasteiger partial charge >= 0.3 is 0 Å². The Labute approximate surface area is 193 Å². The number of nitrogens with zero attached hydrogens (tertiary/aromatic N) is 1. The maximum atomic E-state index is 13.5. The van der Waals surface area contributed by atoms with E-state index in [9.17, 15) is 4.79 Å². The highest BCUT2D eigenvalue weighted by Gasteiger charge is 2.56. The van der Waals surface area contributed by atoms with E-state index < -0.39 is 5.79 Å². The second-order valence-corrected chi connectivity index (χ2v) is 8.68. The summed E-state index contributed by atoms with van der Waals surface area (Å²) in [7, 11) is 0. The molecule has 166 valence electrons. The molecule has 2 aromatic carbocycles. The van der Waals surface area contributed by atoms with Crippen LogP contribution in [0.25, 0.3) is 0 Å². The predicted octanol–water partition coefficient (Wildman–Crippen LogP) is 6.09. The van der Waals surface area contributed by atoms with Crippen LogP contribution in [-0.4, -0.2) is 25.7 Å². The van der Waals surface area contributed by atoms with Crippen molar-refractivity contribution in [3.05, 3.63) is 57.6 Å². The molecule has 1 amide bonds. The fraction of sp³-hybridized carbons (Fsp3) is 0.458.